The third kappa shape index (κ3) is 2.95. The number of aliphatic imine (C=N–C) groups is 1. The summed E-state index contributed by atoms with van der Waals surface area (Å²) < 4.78 is 3.66. The van der Waals surface area contributed by atoms with Crippen molar-refractivity contribution in [1.29, 1.82) is 0 Å². The number of amidine groups is 1. The fourth-order valence-corrected chi connectivity index (χ4v) is 5.63. The van der Waals surface area contributed by atoms with Gasteiger partial charge in [0, 0.05) is 25.4 Å². The van der Waals surface area contributed by atoms with E-state index in [1.165, 1.54) is 20.6 Å². The van der Waals surface area contributed by atoms with Gasteiger partial charge in [0.15, 0.2) is 0 Å². The van der Waals surface area contributed by atoms with Crippen LogP contribution in [0.1, 0.15) is 22.2 Å². The Balaban J connectivity index is 0.00000161. The third-order valence-electron chi connectivity index (χ3n) is 3.81. The van der Waals surface area contributed by atoms with Gasteiger partial charge in [0.1, 0.15) is 5.84 Å². The molecule has 1 unspecified atom stereocenters. The zero-order chi connectivity index (χ0) is 14.5. The molecule has 0 bridgehead atoms. The Kier molecular flexibility index (Phi) is 4.38. The first-order chi connectivity index (χ1) is 9.36. The Bertz CT molecular complexity index is 681. The summed E-state index contributed by atoms with van der Waals surface area (Å²) in [7, 11) is 0.793. The quantitative estimate of drug-likeness (QED) is 0.839. The first-order valence-corrected chi connectivity index (χ1v) is 11.3. The van der Waals surface area contributed by atoms with Crippen molar-refractivity contribution < 1.29 is 0 Å². The fourth-order valence-electron chi connectivity index (χ4n) is 2.64. The van der Waals surface area contributed by atoms with Crippen LogP contribution in [0.4, 0.5) is 0 Å². The van der Waals surface area contributed by atoms with Crippen LogP contribution in [-0.2, 0) is 13.5 Å². The fraction of sp³-hybridized carbons (Fsp3) is 0.400. The van der Waals surface area contributed by atoms with Gasteiger partial charge in [0.2, 0.25) is 0 Å². The molecule has 2 N–H and O–H groups in total. The molecule has 3 nitrogen and oxygen atoms in total. The highest BCUT2D eigenvalue weighted by atomic mass is 35.5. The molecule has 0 fully saturated rings. The maximum Gasteiger partial charge on any atom is 0.136 e. The van der Waals surface area contributed by atoms with E-state index in [1.807, 2.05) is 11.3 Å². The lowest BCUT2D eigenvalue weighted by Gasteiger charge is -2.19. The molecule has 114 valence electrons. The summed E-state index contributed by atoms with van der Waals surface area (Å²) >= 11 is 1.85. The van der Waals surface area contributed by atoms with Crippen molar-refractivity contribution >= 4 is 42.2 Å². The van der Waals surface area contributed by atoms with Gasteiger partial charge in [-0.2, -0.15) is 0 Å². The summed E-state index contributed by atoms with van der Waals surface area (Å²) in [6, 6.07) is 6.74. The van der Waals surface area contributed by atoms with Gasteiger partial charge in [-0.05, 0) is 28.3 Å². The van der Waals surface area contributed by atoms with Gasteiger partial charge in [-0.3, -0.25) is 4.99 Å². The average molecular weight is 340 g/mol. The van der Waals surface area contributed by atoms with E-state index in [0.29, 0.717) is 5.84 Å². The molecule has 0 saturated heterocycles. The van der Waals surface area contributed by atoms with Crippen molar-refractivity contribution in [3.63, 3.8) is 0 Å². The first kappa shape index (κ1) is 16.3. The molecule has 0 amide bonds. The summed E-state index contributed by atoms with van der Waals surface area (Å²) in [5.74, 6) is 0.715. The van der Waals surface area contributed by atoms with Gasteiger partial charge in [-0.1, -0.05) is 19.6 Å². The van der Waals surface area contributed by atoms with Crippen LogP contribution in [0.2, 0.25) is 19.6 Å². The van der Waals surface area contributed by atoms with Crippen molar-refractivity contribution in [1.82, 2.24) is 4.57 Å². The maximum absolute atomic E-state index is 6.22. The van der Waals surface area contributed by atoms with E-state index in [9.17, 15) is 0 Å². The second kappa shape index (κ2) is 5.63. The predicted molar refractivity (Wildman–Crippen MR) is 97.1 cm³/mol. The van der Waals surface area contributed by atoms with E-state index >= 15 is 0 Å². The minimum atomic E-state index is -1.27. The molecular weight excluding hydrogens is 318 g/mol. The van der Waals surface area contributed by atoms with Crippen LogP contribution in [-0.4, -0.2) is 18.5 Å². The predicted octanol–water partition coefficient (Wildman–Crippen LogP) is 3.06. The lowest BCUT2D eigenvalue weighted by atomic mass is 10.0. The molecule has 6 heteroatoms. The number of thiophene rings is 1. The van der Waals surface area contributed by atoms with E-state index < -0.39 is 8.07 Å². The van der Waals surface area contributed by atoms with Crippen LogP contribution in [0.15, 0.2) is 29.4 Å². The van der Waals surface area contributed by atoms with Gasteiger partial charge in [0.05, 0.1) is 19.0 Å². The van der Waals surface area contributed by atoms with E-state index in [1.54, 1.807) is 0 Å². The molecule has 2 aromatic heterocycles. The van der Waals surface area contributed by atoms with Gasteiger partial charge in [-0.15, -0.1) is 23.7 Å². The number of hydrogen-bond donors (Lipinski definition) is 1. The average Bonchev–Trinajstić information content (AvgIpc) is 2.93. The Morgan fingerprint density at radius 1 is 1.38 bits per heavy atom. The minimum Gasteiger partial charge on any atom is -0.383 e. The standard InChI is InChI=1S/C15H21N3SSi.ClH/c1-18-7-5-6-12(18)11-8-10-9-13(20(2,3)4)19-14(10)15(16)17-11;/h5-7,9,11H,8H2,1-4H3,(H2,16,17);1H. The molecule has 3 rings (SSSR count). The molecule has 0 radical (unpaired) electrons. The summed E-state index contributed by atoms with van der Waals surface area (Å²) in [5.41, 5.74) is 8.83. The minimum absolute atomic E-state index is 0. The number of halogens is 1. The molecule has 0 aliphatic carbocycles. The second-order valence-electron chi connectivity index (χ2n) is 6.49. The van der Waals surface area contributed by atoms with Crippen LogP contribution in [0.3, 0.4) is 0 Å². The van der Waals surface area contributed by atoms with Gasteiger partial charge < -0.3 is 10.3 Å². The van der Waals surface area contributed by atoms with Gasteiger partial charge >= 0.3 is 0 Å². The summed E-state index contributed by atoms with van der Waals surface area (Å²) in [6.07, 6.45) is 3.03. The second-order valence-corrected chi connectivity index (χ2v) is 12.9. The van der Waals surface area contributed by atoms with Crippen molar-refractivity contribution in [3.8, 4) is 0 Å². The number of nitrogens with two attached hydrogens (primary N) is 1. The number of aromatic nitrogens is 1. The first-order valence-electron chi connectivity index (χ1n) is 6.94. The lowest BCUT2D eigenvalue weighted by molar-refractivity contribution is 0.651. The number of aryl methyl sites for hydroxylation is 1. The van der Waals surface area contributed by atoms with Crippen LogP contribution in [0.5, 0.6) is 0 Å². The zero-order valence-electron chi connectivity index (χ0n) is 12.9. The maximum atomic E-state index is 6.22. The SMILES string of the molecule is Cl.Cn1cccc1C1Cc2cc([Si](C)(C)C)sc2C(N)=N1. The smallest absolute Gasteiger partial charge is 0.136 e. The topological polar surface area (TPSA) is 43.3 Å². The van der Waals surface area contributed by atoms with E-state index in [-0.39, 0.29) is 18.4 Å². The summed E-state index contributed by atoms with van der Waals surface area (Å²) in [4.78, 5) is 5.92. The van der Waals surface area contributed by atoms with Crippen LogP contribution in [0.25, 0.3) is 0 Å². The Hall–Kier alpha value is -1.04. The monoisotopic (exact) mass is 339 g/mol. The highest BCUT2D eigenvalue weighted by Crippen LogP contribution is 2.31. The summed E-state index contributed by atoms with van der Waals surface area (Å²) in [6.45, 7) is 7.14. The molecule has 1 aliphatic heterocycles. The highest BCUT2D eigenvalue weighted by Gasteiger charge is 2.28. The van der Waals surface area contributed by atoms with Crippen LogP contribution < -0.4 is 10.2 Å². The number of nitrogens with zero attached hydrogens (tertiary/aromatic N) is 2. The Morgan fingerprint density at radius 2 is 2.10 bits per heavy atom. The molecule has 21 heavy (non-hydrogen) atoms. The lowest BCUT2D eigenvalue weighted by Crippen LogP contribution is -2.34. The van der Waals surface area contributed by atoms with Crippen LogP contribution in [0, 0.1) is 0 Å². The van der Waals surface area contributed by atoms with Crippen molar-refractivity contribution in [2.75, 3.05) is 0 Å². The molecule has 0 aromatic carbocycles. The van der Waals surface area contributed by atoms with E-state index in [2.05, 4.69) is 55.7 Å². The van der Waals surface area contributed by atoms with E-state index in [0.717, 1.165) is 6.42 Å². The largest absolute Gasteiger partial charge is 0.383 e. The molecule has 2 aromatic rings. The Labute approximate surface area is 137 Å². The number of hydrogen-bond acceptors (Lipinski definition) is 3. The van der Waals surface area contributed by atoms with Gasteiger partial charge in [0.25, 0.3) is 0 Å². The summed E-state index contributed by atoms with van der Waals surface area (Å²) in [5, 5.41) is 0. The van der Waals surface area contributed by atoms with Crippen molar-refractivity contribution in [2.24, 2.45) is 17.8 Å². The zero-order valence-corrected chi connectivity index (χ0v) is 15.5. The van der Waals surface area contributed by atoms with E-state index in [4.69, 9.17) is 10.7 Å². The number of rotatable bonds is 2. The molecule has 3 heterocycles. The molecule has 1 aliphatic rings. The normalized spacial score (nSPS) is 17.9. The Morgan fingerprint density at radius 3 is 2.67 bits per heavy atom. The molecule has 0 spiro atoms. The molecular formula is C15H22ClN3SSi. The highest BCUT2D eigenvalue weighted by molar-refractivity contribution is 7.27. The number of fused-ring (bicyclic) bond motifs is 1. The van der Waals surface area contributed by atoms with Crippen LogP contribution >= 0.6 is 23.7 Å². The van der Waals surface area contributed by atoms with Crippen molar-refractivity contribution in [3.05, 3.63) is 40.5 Å². The van der Waals surface area contributed by atoms with Crippen molar-refractivity contribution in [2.45, 2.75) is 32.1 Å². The molecule has 1 atom stereocenters. The van der Waals surface area contributed by atoms with Gasteiger partial charge in [-0.25, -0.2) is 0 Å². The molecule has 0 saturated carbocycles. The third-order valence-corrected chi connectivity index (χ3v) is 8.59.